The molecule has 1 rings (SSSR count). The summed E-state index contributed by atoms with van der Waals surface area (Å²) in [5.74, 6) is 0. The van der Waals surface area contributed by atoms with E-state index in [0.29, 0.717) is 12.1 Å². The van der Waals surface area contributed by atoms with Crippen LogP contribution in [0.1, 0.15) is 33.6 Å². The molecule has 84 valence electrons. The summed E-state index contributed by atoms with van der Waals surface area (Å²) < 4.78 is 10.8. The maximum atomic E-state index is 5.48. The molecule has 14 heavy (non-hydrogen) atoms. The molecule has 3 heteroatoms. The van der Waals surface area contributed by atoms with Gasteiger partial charge in [0.2, 0.25) is 0 Å². The molecule has 0 saturated carbocycles. The first-order valence-electron chi connectivity index (χ1n) is 5.45. The van der Waals surface area contributed by atoms with Gasteiger partial charge in [-0.1, -0.05) is 0 Å². The fraction of sp³-hybridized carbons (Fsp3) is 1.00. The Kier molecular flexibility index (Phi) is 4.35. The minimum absolute atomic E-state index is 0.0182. The zero-order valence-corrected chi connectivity index (χ0v) is 9.80. The predicted molar refractivity (Wildman–Crippen MR) is 57.5 cm³/mol. The van der Waals surface area contributed by atoms with Gasteiger partial charge in [-0.05, 0) is 40.2 Å². The minimum atomic E-state index is -0.0182. The Hall–Kier alpha value is -0.120. The average molecular weight is 201 g/mol. The van der Waals surface area contributed by atoms with E-state index >= 15 is 0 Å². The molecule has 0 radical (unpaired) electrons. The molecule has 0 aromatic carbocycles. The lowest BCUT2D eigenvalue weighted by Gasteiger charge is -2.24. The second-order valence-electron chi connectivity index (χ2n) is 4.64. The summed E-state index contributed by atoms with van der Waals surface area (Å²) in [5, 5.41) is 3.52. The summed E-state index contributed by atoms with van der Waals surface area (Å²) in [6.45, 7) is 8.25. The fourth-order valence-corrected chi connectivity index (χ4v) is 1.66. The van der Waals surface area contributed by atoms with Gasteiger partial charge < -0.3 is 14.8 Å². The molecule has 1 aliphatic rings. The van der Waals surface area contributed by atoms with Crippen LogP contribution in [0.5, 0.6) is 0 Å². The second kappa shape index (κ2) is 5.10. The highest BCUT2D eigenvalue weighted by Gasteiger charge is 2.24. The minimum Gasteiger partial charge on any atom is -0.379 e. The van der Waals surface area contributed by atoms with E-state index < -0.39 is 0 Å². The van der Waals surface area contributed by atoms with Gasteiger partial charge in [0.15, 0.2) is 0 Å². The molecule has 0 spiro atoms. The van der Waals surface area contributed by atoms with Crippen LogP contribution in [-0.2, 0) is 9.47 Å². The van der Waals surface area contributed by atoms with Gasteiger partial charge in [-0.2, -0.15) is 0 Å². The summed E-state index contributed by atoms with van der Waals surface area (Å²) in [6, 6.07) is 0.530. The Morgan fingerprint density at radius 3 is 2.71 bits per heavy atom. The molecule has 1 heterocycles. The average Bonchev–Trinajstić information content (AvgIpc) is 2.52. The van der Waals surface area contributed by atoms with Crippen molar-refractivity contribution in [2.45, 2.75) is 51.4 Å². The molecule has 2 atom stereocenters. The van der Waals surface area contributed by atoms with Crippen LogP contribution in [0, 0.1) is 0 Å². The maximum absolute atomic E-state index is 5.48. The Balaban J connectivity index is 2.15. The van der Waals surface area contributed by atoms with E-state index in [2.05, 4.69) is 26.1 Å². The molecule has 1 N–H and O–H groups in total. The monoisotopic (exact) mass is 201 g/mol. The zero-order chi connectivity index (χ0) is 10.6. The first-order chi connectivity index (χ1) is 6.55. The molecule has 0 bridgehead atoms. The highest BCUT2D eigenvalue weighted by molar-refractivity contribution is 4.80. The standard InChI is InChI=1S/C11H23NO2/c1-9-10(5-8-14-9)12-7-6-11(2,3)13-4/h9-10,12H,5-8H2,1-4H3. The van der Waals surface area contributed by atoms with Crippen molar-refractivity contribution in [3.63, 3.8) is 0 Å². The van der Waals surface area contributed by atoms with E-state index in [1.165, 1.54) is 0 Å². The van der Waals surface area contributed by atoms with Crippen LogP contribution in [0.4, 0.5) is 0 Å². The van der Waals surface area contributed by atoms with E-state index in [-0.39, 0.29) is 5.60 Å². The molecule has 3 nitrogen and oxygen atoms in total. The number of hydrogen-bond acceptors (Lipinski definition) is 3. The lowest BCUT2D eigenvalue weighted by Crippen LogP contribution is -2.38. The van der Waals surface area contributed by atoms with Crippen molar-refractivity contribution in [1.29, 1.82) is 0 Å². The fourth-order valence-electron chi connectivity index (χ4n) is 1.66. The molecular formula is C11H23NO2. The molecule has 0 aromatic heterocycles. The number of nitrogens with one attached hydrogen (secondary N) is 1. The molecule has 0 aliphatic carbocycles. The Morgan fingerprint density at radius 2 is 2.21 bits per heavy atom. The first-order valence-corrected chi connectivity index (χ1v) is 5.45. The van der Waals surface area contributed by atoms with Gasteiger partial charge in [-0.3, -0.25) is 0 Å². The Morgan fingerprint density at radius 1 is 1.50 bits per heavy atom. The summed E-state index contributed by atoms with van der Waals surface area (Å²) >= 11 is 0. The number of hydrogen-bond donors (Lipinski definition) is 1. The van der Waals surface area contributed by atoms with E-state index in [1.54, 1.807) is 7.11 Å². The van der Waals surface area contributed by atoms with Crippen LogP contribution in [-0.4, -0.2) is 38.0 Å². The van der Waals surface area contributed by atoms with Crippen LogP contribution < -0.4 is 5.32 Å². The molecule has 0 aromatic rings. The van der Waals surface area contributed by atoms with Crippen molar-refractivity contribution in [1.82, 2.24) is 5.32 Å². The van der Waals surface area contributed by atoms with Gasteiger partial charge in [-0.15, -0.1) is 0 Å². The molecule has 2 unspecified atom stereocenters. The lowest BCUT2D eigenvalue weighted by atomic mass is 10.0. The highest BCUT2D eigenvalue weighted by atomic mass is 16.5. The van der Waals surface area contributed by atoms with Gasteiger partial charge >= 0.3 is 0 Å². The predicted octanol–water partition coefficient (Wildman–Crippen LogP) is 1.57. The van der Waals surface area contributed by atoms with Crippen molar-refractivity contribution in [3.05, 3.63) is 0 Å². The molecular weight excluding hydrogens is 178 g/mol. The zero-order valence-electron chi connectivity index (χ0n) is 9.80. The molecule has 1 aliphatic heterocycles. The number of methoxy groups -OCH3 is 1. The summed E-state index contributed by atoms with van der Waals surface area (Å²) in [6.07, 6.45) is 2.53. The largest absolute Gasteiger partial charge is 0.379 e. The van der Waals surface area contributed by atoms with E-state index in [4.69, 9.17) is 9.47 Å². The first kappa shape index (κ1) is 12.0. The third kappa shape index (κ3) is 3.56. The molecule has 1 fully saturated rings. The Bertz CT molecular complexity index is 171. The quantitative estimate of drug-likeness (QED) is 0.732. The van der Waals surface area contributed by atoms with Crippen molar-refractivity contribution in [3.8, 4) is 0 Å². The normalized spacial score (nSPS) is 28.3. The molecule has 1 saturated heterocycles. The van der Waals surface area contributed by atoms with Gasteiger partial charge in [0.05, 0.1) is 11.7 Å². The van der Waals surface area contributed by atoms with E-state index in [0.717, 1.165) is 26.0 Å². The van der Waals surface area contributed by atoms with E-state index in [1.807, 2.05) is 0 Å². The Labute approximate surface area is 87.2 Å². The second-order valence-corrected chi connectivity index (χ2v) is 4.64. The third-order valence-corrected chi connectivity index (χ3v) is 3.06. The topological polar surface area (TPSA) is 30.5 Å². The number of ether oxygens (including phenoxy) is 2. The van der Waals surface area contributed by atoms with Crippen molar-refractivity contribution in [2.24, 2.45) is 0 Å². The van der Waals surface area contributed by atoms with Gasteiger partial charge in [0, 0.05) is 19.8 Å². The van der Waals surface area contributed by atoms with Crippen LogP contribution in [0.15, 0.2) is 0 Å². The van der Waals surface area contributed by atoms with Crippen LogP contribution in [0.2, 0.25) is 0 Å². The van der Waals surface area contributed by atoms with Crippen LogP contribution in [0.3, 0.4) is 0 Å². The highest BCUT2D eigenvalue weighted by Crippen LogP contribution is 2.15. The van der Waals surface area contributed by atoms with E-state index in [9.17, 15) is 0 Å². The smallest absolute Gasteiger partial charge is 0.0700 e. The number of rotatable bonds is 5. The summed E-state index contributed by atoms with van der Waals surface area (Å²) in [5.41, 5.74) is -0.0182. The summed E-state index contributed by atoms with van der Waals surface area (Å²) in [4.78, 5) is 0. The lowest BCUT2D eigenvalue weighted by molar-refractivity contribution is 0.0146. The van der Waals surface area contributed by atoms with Crippen LogP contribution >= 0.6 is 0 Å². The SMILES string of the molecule is COC(C)(C)CCNC1CCOC1C. The maximum Gasteiger partial charge on any atom is 0.0700 e. The van der Waals surface area contributed by atoms with Gasteiger partial charge in [0.25, 0.3) is 0 Å². The third-order valence-electron chi connectivity index (χ3n) is 3.06. The van der Waals surface area contributed by atoms with Crippen molar-refractivity contribution in [2.75, 3.05) is 20.3 Å². The van der Waals surface area contributed by atoms with Crippen molar-refractivity contribution < 1.29 is 9.47 Å². The summed E-state index contributed by atoms with van der Waals surface area (Å²) in [7, 11) is 1.77. The van der Waals surface area contributed by atoms with Gasteiger partial charge in [0.1, 0.15) is 0 Å². The van der Waals surface area contributed by atoms with Crippen LogP contribution in [0.25, 0.3) is 0 Å². The van der Waals surface area contributed by atoms with Crippen molar-refractivity contribution >= 4 is 0 Å². The van der Waals surface area contributed by atoms with Gasteiger partial charge in [-0.25, -0.2) is 0 Å². The molecule has 0 amide bonds.